The Hall–Kier alpha value is -0.130. The van der Waals surface area contributed by atoms with Crippen LogP contribution in [0.15, 0.2) is 0 Å². The van der Waals surface area contributed by atoms with Crippen LogP contribution in [0.4, 0.5) is 0 Å². The van der Waals surface area contributed by atoms with Crippen molar-refractivity contribution in [2.75, 3.05) is 5.75 Å². The molecule has 0 aromatic rings. The molecule has 1 rings (SSSR count). The molecule has 0 radical (unpaired) electrons. The molecule has 2 N–H and O–H groups in total. The second-order valence-corrected chi connectivity index (χ2v) is 7.19. The molecule has 0 spiro atoms. The molecule has 0 aromatic heterocycles. The van der Waals surface area contributed by atoms with Crippen LogP contribution in [-0.2, 0) is 10.0 Å². The van der Waals surface area contributed by atoms with Crippen molar-refractivity contribution in [2.24, 2.45) is 5.92 Å². The highest BCUT2D eigenvalue weighted by Crippen LogP contribution is 2.24. The predicted octanol–water partition coefficient (Wildman–Crippen LogP) is 1.65. The Morgan fingerprint density at radius 3 is 2.35 bits per heavy atom. The van der Waals surface area contributed by atoms with Gasteiger partial charge in [-0.1, -0.05) is 19.3 Å². The van der Waals surface area contributed by atoms with Crippen LogP contribution < -0.4 is 4.72 Å². The average molecular weight is 263 g/mol. The summed E-state index contributed by atoms with van der Waals surface area (Å²) in [4.78, 5) is 0. The number of hydrogen-bond acceptors (Lipinski definition) is 3. The minimum Gasteiger partial charge on any atom is -0.393 e. The molecule has 4 nitrogen and oxygen atoms in total. The summed E-state index contributed by atoms with van der Waals surface area (Å²) in [5, 5.41) is 9.21. The second-order valence-electron chi connectivity index (χ2n) is 5.39. The summed E-state index contributed by atoms with van der Waals surface area (Å²) in [6.45, 7) is 3.47. The topological polar surface area (TPSA) is 66.4 Å². The zero-order valence-corrected chi connectivity index (χ0v) is 11.7. The summed E-state index contributed by atoms with van der Waals surface area (Å²) < 4.78 is 26.4. The molecule has 1 aliphatic carbocycles. The first-order valence-corrected chi connectivity index (χ1v) is 8.22. The Labute approximate surface area is 105 Å². The highest BCUT2D eigenvalue weighted by molar-refractivity contribution is 7.89. The van der Waals surface area contributed by atoms with Gasteiger partial charge in [-0.25, -0.2) is 13.1 Å². The third-order valence-corrected chi connectivity index (χ3v) is 4.93. The number of sulfonamides is 1. The lowest BCUT2D eigenvalue weighted by molar-refractivity contribution is 0.175. The van der Waals surface area contributed by atoms with E-state index in [1.165, 1.54) is 6.42 Å². The van der Waals surface area contributed by atoms with Crippen molar-refractivity contribution >= 4 is 10.0 Å². The minimum atomic E-state index is -3.19. The van der Waals surface area contributed by atoms with E-state index in [4.69, 9.17) is 0 Å². The van der Waals surface area contributed by atoms with Gasteiger partial charge in [-0.15, -0.1) is 0 Å². The highest BCUT2D eigenvalue weighted by atomic mass is 32.2. The zero-order chi connectivity index (χ0) is 12.9. The van der Waals surface area contributed by atoms with E-state index in [1.807, 2.05) is 0 Å². The smallest absolute Gasteiger partial charge is 0.212 e. The molecule has 0 aliphatic heterocycles. The Balaban J connectivity index is 2.39. The van der Waals surface area contributed by atoms with Crippen molar-refractivity contribution in [1.82, 2.24) is 4.72 Å². The molecule has 0 amide bonds. The SMILES string of the molecule is CC(O)CC(C)NS(=O)(=O)CC1CCCCC1. The van der Waals surface area contributed by atoms with Crippen molar-refractivity contribution < 1.29 is 13.5 Å². The first kappa shape index (κ1) is 14.9. The number of aliphatic hydroxyl groups excluding tert-OH is 1. The molecular formula is C12H25NO3S. The lowest BCUT2D eigenvalue weighted by Crippen LogP contribution is -2.38. The Morgan fingerprint density at radius 2 is 1.82 bits per heavy atom. The van der Waals surface area contributed by atoms with E-state index in [1.54, 1.807) is 13.8 Å². The fraction of sp³-hybridized carbons (Fsp3) is 1.00. The number of aliphatic hydroxyl groups is 1. The first-order valence-electron chi connectivity index (χ1n) is 6.57. The minimum absolute atomic E-state index is 0.191. The summed E-state index contributed by atoms with van der Waals surface area (Å²) >= 11 is 0. The standard InChI is InChI=1S/C12H25NO3S/c1-10(8-11(2)14)13-17(15,16)9-12-6-4-3-5-7-12/h10-14H,3-9H2,1-2H3. The van der Waals surface area contributed by atoms with E-state index in [0.29, 0.717) is 12.3 Å². The molecule has 0 aromatic carbocycles. The van der Waals surface area contributed by atoms with Crippen LogP contribution in [0.2, 0.25) is 0 Å². The van der Waals surface area contributed by atoms with Gasteiger partial charge in [0.15, 0.2) is 0 Å². The van der Waals surface area contributed by atoms with Crippen molar-refractivity contribution in [1.29, 1.82) is 0 Å². The van der Waals surface area contributed by atoms with Gasteiger partial charge in [-0.05, 0) is 39.0 Å². The van der Waals surface area contributed by atoms with Gasteiger partial charge in [0.25, 0.3) is 0 Å². The highest BCUT2D eigenvalue weighted by Gasteiger charge is 2.22. The van der Waals surface area contributed by atoms with Gasteiger partial charge in [0, 0.05) is 6.04 Å². The second kappa shape index (κ2) is 6.71. The fourth-order valence-electron chi connectivity index (χ4n) is 2.58. The van der Waals surface area contributed by atoms with Crippen molar-refractivity contribution in [3.05, 3.63) is 0 Å². The van der Waals surface area contributed by atoms with Gasteiger partial charge in [0.1, 0.15) is 0 Å². The van der Waals surface area contributed by atoms with Crippen LogP contribution in [0.1, 0.15) is 52.4 Å². The molecular weight excluding hydrogens is 238 g/mol. The molecule has 0 saturated heterocycles. The van der Waals surface area contributed by atoms with E-state index in [9.17, 15) is 13.5 Å². The third-order valence-electron chi connectivity index (χ3n) is 3.26. The van der Waals surface area contributed by atoms with E-state index >= 15 is 0 Å². The molecule has 1 saturated carbocycles. The molecule has 1 aliphatic rings. The fourth-order valence-corrected chi connectivity index (χ4v) is 4.34. The summed E-state index contributed by atoms with van der Waals surface area (Å²) in [6, 6.07) is -0.191. The lowest BCUT2D eigenvalue weighted by Gasteiger charge is -2.23. The number of nitrogens with one attached hydrogen (secondary N) is 1. The summed E-state index contributed by atoms with van der Waals surface area (Å²) in [7, 11) is -3.19. The van der Waals surface area contributed by atoms with Gasteiger partial charge in [-0.2, -0.15) is 0 Å². The van der Waals surface area contributed by atoms with Crippen molar-refractivity contribution in [2.45, 2.75) is 64.5 Å². The monoisotopic (exact) mass is 263 g/mol. The third kappa shape index (κ3) is 6.38. The van der Waals surface area contributed by atoms with Crippen LogP contribution in [-0.4, -0.2) is 31.4 Å². The van der Waals surface area contributed by atoms with Crippen molar-refractivity contribution in [3.63, 3.8) is 0 Å². The maximum Gasteiger partial charge on any atom is 0.212 e. The predicted molar refractivity (Wildman–Crippen MR) is 69.3 cm³/mol. The molecule has 2 unspecified atom stereocenters. The van der Waals surface area contributed by atoms with Gasteiger partial charge >= 0.3 is 0 Å². The summed E-state index contributed by atoms with van der Waals surface area (Å²) in [6.07, 6.45) is 5.61. The first-order chi connectivity index (χ1) is 7.89. The van der Waals surface area contributed by atoms with E-state index in [0.717, 1.165) is 25.7 Å². The van der Waals surface area contributed by atoms with Crippen LogP contribution in [0, 0.1) is 5.92 Å². The Bertz CT molecular complexity index is 308. The summed E-state index contributed by atoms with van der Waals surface area (Å²) in [5.74, 6) is 0.567. The number of rotatable bonds is 6. The molecule has 2 atom stereocenters. The van der Waals surface area contributed by atoms with Gasteiger partial charge in [0.2, 0.25) is 10.0 Å². The Kier molecular flexibility index (Phi) is 5.89. The lowest BCUT2D eigenvalue weighted by atomic mass is 9.91. The van der Waals surface area contributed by atoms with Gasteiger partial charge in [-0.3, -0.25) is 0 Å². The van der Waals surface area contributed by atoms with Crippen LogP contribution in [0.5, 0.6) is 0 Å². The van der Waals surface area contributed by atoms with Gasteiger partial charge < -0.3 is 5.11 Å². The Morgan fingerprint density at radius 1 is 1.24 bits per heavy atom. The average Bonchev–Trinajstić information content (AvgIpc) is 2.15. The largest absolute Gasteiger partial charge is 0.393 e. The normalized spacial score (nSPS) is 22.3. The molecule has 102 valence electrons. The molecule has 0 bridgehead atoms. The maximum absolute atomic E-state index is 11.9. The summed E-state index contributed by atoms with van der Waals surface area (Å²) in [5.41, 5.74) is 0. The van der Waals surface area contributed by atoms with Crippen molar-refractivity contribution in [3.8, 4) is 0 Å². The zero-order valence-electron chi connectivity index (χ0n) is 10.9. The number of hydrogen-bond donors (Lipinski definition) is 2. The molecule has 17 heavy (non-hydrogen) atoms. The molecule has 0 heterocycles. The van der Waals surface area contributed by atoms with Crippen LogP contribution in [0.3, 0.4) is 0 Å². The van der Waals surface area contributed by atoms with Crippen LogP contribution in [0.25, 0.3) is 0 Å². The van der Waals surface area contributed by atoms with Gasteiger partial charge in [0.05, 0.1) is 11.9 Å². The quantitative estimate of drug-likeness (QED) is 0.765. The van der Waals surface area contributed by atoms with E-state index in [2.05, 4.69) is 4.72 Å². The van der Waals surface area contributed by atoms with E-state index in [-0.39, 0.29) is 11.8 Å². The molecule has 5 heteroatoms. The maximum atomic E-state index is 11.9. The van der Waals surface area contributed by atoms with E-state index < -0.39 is 16.1 Å². The molecule has 1 fully saturated rings. The van der Waals surface area contributed by atoms with Crippen LogP contribution >= 0.6 is 0 Å².